The average Bonchev–Trinajstić information content (AvgIpc) is 3.12. The summed E-state index contributed by atoms with van der Waals surface area (Å²) in [7, 11) is 0. The van der Waals surface area contributed by atoms with Crippen molar-refractivity contribution < 1.29 is 23.9 Å². The van der Waals surface area contributed by atoms with E-state index >= 15 is 0 Å². The zero-order valence-corrected chi connectivity index (χ0v) is 16.4. The lowest BCUT2D eigenvalue weighted by atomic mass is 10.1. The van der Waals surface area contributed by atoms with Crippen molar-refractivity contribution in [2.24, 2.45) is 0 Å². The van der Waals surface area contributed by atoms with Gasteiger partial charge in [-0.05, 0) is 47.9 Å². The van der Waals surface area contributed by atoms with E-state index in [0.717, 1.165) is 16.9 Å². The van der Waals surface area contributed by atoms with Gasteiger partial charge in [0.05, 0.1) is 5.69 Å². The molecule has 142 valence electrons. The van der Waals surface area contributed by atoms with Crippen molar-refractivity contribution in [3.8, 4) is 11.5 Å². The molecule has 28 heavy (non-hydrogen) atoms. The number of benzene rings is 2. The van der Waals surface area contributed by atoms with Crippen molar-refractivity contribution in [2.45, 2.75) is 13.3 Å². The van der Waals surface area contributed by atoms with Crippen LogP contribution in [0.15, 0.2) is 46.4 Å². The van der Waals surface area contributed by atoms with E-state index in [0.29, 0.717) is 27.2 Å². The van der Waals surface area contributed by atoms with Gasteiger partial charge in [-0.3, -0.25) is 14.9 Å². The molecule has 2 heterocycles. The highest BCUT2D eigenvalue weighted by Crippen LogP contribution is 2.38. The number of hydrogen-bond donors (Lipinski definition) is 1. The number of halogens is 1. The third-order valence-electron chi connectivity index (χ3n) is 4.50. The van der Waals surface area contributed by atoms with Crippen molar-refractivity contribution in [3.05, 3.63) is 57.6 Å². The number of anilines is 1. The van der Waals surface area contributed by atoms with Gasteiger partial charge in [-0.2, -0.15) is 0 Å². The SMILES string of the molecule is CCc1ccc(N2C(=O)NC(=O)C(=Cc3cc4c(cc3Br)OCO4)C2=O)cc1. The van der Waals surface area contributed by atoms with Crippen molar-refractivity contribution in [3.63, 3.8) is 0 Å². The number of barbiturate groups is 1. The van der Waals surface area contributed by atoms with Crippen molar-refractivity contribution in [2.75, 3.05) is 11.7 Å². The number of urea groups is 1. The molecule has 0 saturated carbocycles. The Balaban J connectivity index is 1.72. The molecule has 0 aromatic heterocycles. The molecule has 1 N–H and O–H groups in total. The summed E-state index contributed by atoms with van der Waals surface area (Å²) in [5, 5.41) is 2.22. The summed E-state index contributed by atoms with van der Waals surface area (Å²) in [5.74, 6) is -0.355. The molecule has 0 radical (unpaired) electrons. The average molecular weight is 443 g/mol. The maximum absolute atomic E-state index is 13.0. The number of aryl methyl sites for hydroxylation is 1. The van der Waals surface area contributed by atoms with Crippen LogP contribution in [0.4, 0.5) is 10.5 Å². The second-order valence-electron chi connectivity index (χ2n) is 6.20. The lowest BCUT2D eigenvalue weighted by Crippen LogP contribution is -2.54. The van der Waals surface area contributed by atoms with Gasteiger partial charge < -0.3 is 9.47 Å². The molecule has 0 atom stereocenters. The van der Waals surface area contributed by atoms with Crippen LogP contribution in [-0.4, -0.2) is 24.6 Å². The van der Waals surface area contributed by atoms with Gasteiger partial charge in [-0.15, -0.1) is 0 Å². The van der Waals surface area contributed by atoms with Gasteiger partial charge in [0.2, 0.25) is 6.79 Å². The summed E-state index contributed by atoms with van der Waals surface area (Å²) >= 11 is 3.40. The Kier molecular flexibility index (Phi) is 4.64. The predicted octanol–water partition coefficient (Wildman–Crippen LogP) is 3.41. The predicted molar refractivity (Wildman–Crippen MR) is 105 cm³/mol. The maximum atomic E-state index is 13.0. The molecule has 0 unspecified atom stereocenters. The molecule has 1 fully saturated rings. The molecule has 8 heteroatoms. The first-order chi connectivity index (χ1) is 13.5. The normalized spacial score (nSPS) is 17.3. The molecule has 4 amide bonds. The Morgan fingerprint density at radius 2 is 1.79 bits per heavy atom. The fourth-order valence-electron chi connectivity index (χ4n) is 2.97. The third-order valence-corrected chi connectivity index (χ3v) is 5.18. The minimum Gasteiger partial charge on any atom is -0.454 e. The topological polar surface area (TPSA) is 84.9 Å². The van der Waals surface area contributed by atoms with Crippen LogP contribution >= 0.6 is 15.9 Å². The van der Waals surface area contributed by atoms with Crippen LogP contribution in [0.1, 0.15) is 18.1 Å². The summed E-state index contributed by atoms with van der Waals surface area (Å²) in [6, 6.07) is 9.62. The fourth-order valence-corrected chi connectivity index (χ4v) is 3.41. The number of hydrogen-bond acceptors (Lipinski definition) is 5. The minimum atomic E-state index is -0.777. The van der Waals surface area contributed by atoms with Crippen LogP contribution in [0.5, 0.6) is 11.5 Å². The van der Waals surface area contributed by atoms with E-state index in [4.69, 9.17) is 9.47 Å². The minimum absolute atomic E-state index is 0.108. The molecule has 0 spiro atoms. The molecule has 2 aromatic rings. The number of carbonyl (C=O) groups is 3. The fraction of sp³-hybridized carbons (Fsp3) is 0.150. The van der Waals surface area contributed by atoms with Gasteiger partial charge in [-0.25, -0.2) is 9.69 Å². The van der Waals surface area contributed by atoms with E-state index in [9.17, 15) is 14.4 Å². The Bertz CT molecular complexity index is 1030. The van der Waals surface area contributed by atoms with Gasteiger partial charge in [0.1, 0.15) is 5.57 Å². The van der Waals surface area contributed by atoms with E-state index in [1.54, 1.807) is 24.3 Å². The van der Waals surface area contributed by atoms with Crippen molar-refractivity contribution in [1.82, 2.24) is 5.32 Å². The number of ether oxygens (including phenoxy) is 2. The molecule has 1 saturated heterocycles. The van der Waals surface area contributed by atoms with Crippen LogP contribution in [0.3, 0.4) is 0 Å². The van der Waals surface area contributed by atoms with E-state index in [2.05, 4.69) is 21.2 Å². The Labute approximate surface area is 169 Å². The van der Waals surface area contributed by atoms with Crippen LogP contribution in [0.2, 0.25) is 0 Å². The third kappa shape index (κ3) is 3.16. The number of rotatable bonds is 3. The molecular formula is C20H15BrN2O5. The zero-order valence-electron chi connectivity index (χ0n) is 14.8. The first kappa shape index (κ1) is 18.2. The second-order valence-corrected chi connectivity index (χ2v) is 7.06. The van der Waals surface area contributed by atoms with Gasteiger partial charge in [-0.1, -0.05) is 35.0 Å². The molecule has 4 rings (SSSR count). The van der Waals surface area contributed by atoms with Crippen LogP contribution in [-0.2, 0) is 16.0 Å². The van der Waals surface area contributed by atoms with Gasteiger partial charge in [0.15, 0.2) is 11.5 Å². The summed E-state index contributed by atoms with van der Waals surface area (Å²) in [5.41, 5.74) is 1.87. The number of imide groups is 2. The molecule has 7 nitrogen and oxygen atoms in total. The largest absolute Gasteiger partial charge is 0.454 e. The molecule has 2 aliphatic heterocycles. The van der Waals surface area contributed by atoms with Crippen LogP contribution in [0, 0.1) is 0 Å². The highest BCUT2D eigenvalue weighted by molar-refractivity contribution is 9.10. The second kappa shape index (κ2) is 7.12. The molecule has 2 aliphatic rings. The number of carbonyl (C=O) groups excluding carboxylic acids is 3. The highest BCUT2D eigenvalue weighted by Gasteiger charge is 2.37. The Hall–Kier alpha value is -3.13. The number of fused-ring (bicyclic) bond motifs is 1. The summed E-state index contributed by atoms with van der Waals surface area (Å²) in [4.78, 5) is 38.5. The molecular weight excluding hydrogens is 428 g/mol. The van der Waals surface area contributed by atoms with Crippen molar-refractivity contribution >= 4 is 45.5 Å². The van der Waals surface area contributed by atoms with E-state index in [1.165, 1.54) is 6.08 Å². The van der Waals surface area contributed by atoms with Crippen LogP contribution < -0.4 is 19.7 Å². The number of nitrogens with one attached hydrogen (secondary N) is 1. The van der Waals surface area contributed by atoms with Gasteiger partial charge >= 0.3 is 6.03 Å². The van der Waals surface area contributed by atoms with Gasteiger partial charge in [0.25, 0.3) is 11.8 Å². The maximum Gasteiger partial charge on any atom is 0.335 e. The highest BCUT2D eigenvalue weighted by atomic mass is 79.9. The summed E-state index contributed by atoms with van der Waals surface area (Å²) < 4.78 is 11.3. The molecule has 2 aromatic carbocycles. The lowest BCUT2D eigenvalue weighted by molar-refractivity contribution is -0.122. The Morgan fingerprint density at radius 1 is 1.11 bits per heavy atom. The summed E-state index contributed by atoms with van der Waals surface area (Å²) in [6.45, 7) is 2.12. The van der Waals surface area contributed by atoms with Crippen molar-refractivity contribution in [1.29, 1.82) is 0 Å². The van der Waals surface area contributed by atoms with Crippen LogP contribution in [0.25, 0.3) is 6.08 Å². The standard InChI is InChI=1S/C20H15BrN2O5/c1-2-11-3-5-13(6-4-11)23-19(25)14(18(24)22-20(23)26)7-12-8-16-17(9-15(12)21)28-10-27-16/h3-9H,2,10H2,1H3,(H,22,24,26). The first-order valence-corrected chi connectivity index (χ1v) is 9.36. The Morgan fingerprint density at radius 3 is 2.46 bits per heavy atom. The van der Waals surface area contributed by atoms with E-state index in [-0.39, 0.29) is 12.4 Å². The van der Waals surface area contributed by atoms with E-state index < -0.39 is 17.8 Å². The molecule has 0 aliphatic carbocycles. The monoisotopic (exact) mass is 442 g/mol. The first-order valence-electron chi connectivity index (χ1n) is 8.57. The summed E-state index contributed by atoms with van der Waals surface area (Å²) in [6.07, 6.45) is 2.26. The number of amides is 4. The number of nitrogens with zero attached hydrogens (tertiary/aromatic N) is 1. The lowest BCUT2D eigenvalue weighted by Gasteiger charge is -2.26. The quantitative estimate of drug-likeness (QED) is 0.581. The van der Waals surface area contributed by atoms with E-state index in [1.807, 2.05) is 19.1 Å². The smallest absolute Gasteiger partial charge is 0.335 e. The molecule has 0 bridgehead atoms. The zero-order chi connectivity index (χ0) is 19.8. The van der Waals surface area contributed by atoms with Gasteiger partial charge in [0, 0.05) is 4.47 Å².